The number of hydrogen-bond acceptors (Lipinski definition) is 18. The van der Waals surface area contributed by atoms with Crippen molar-refractivity contribution in [3.8, 4) is 34.5 Å². The number of carbonyl (C=O) groups excluding carboxylic acids is 6. The van der Waals surface area contributed by atoms with Gasteiger partial charge in [-0.1, -0.05) is 55.9 Å². The van der Waals surface area contributed by atoms with Gasteiger partial charge in [-0.05, 0) is 194 Å². The van der Waals surface area contributed by atoms with Gasteiger partial charge in [0.1, 0.15) is 34.5 Å². The van der Waals surface area contributed by atoms with Crippen LogP contribution in [0.1, 0.15) is 140 Å². The lowest BCUT2D eigenvalue weighted by Crippen LogP contribution is -2.32. The van der Waals surface area contributed by atoms with E-state index in [2.05, 4.69) is 13.2 Å². The minimum Gasteiger partial charge on any atom is -0.494 e. The van der Waals surface area contributed by atoms with Gasteiger partial charge in [0.25, 0.3) is 0 Å². The Balaban J connectivity index is 0.835. The van der Waals surface area contributed by atoms with E-state index in [-0.39, 0.29) is 41.3 Å². The van der Waals surface area contributed by atoms with Crippen LogP contribution in [-0.2, 0) is 38.2 Å². The molecule has 1 aromatic heterocycles. The summed E-state index contributed by atoms with van der Waals surface area (Å²) in [6, 6.07) is 26.9. The van der Waals surface area contributed by atoms with E-state index in [0.717, 1.165) is 111 Å². The number of rotatable bonds is 30. The molecule has 3 aliphatic carbocycles. The van der Waals surface area contributed by atoms with E-state index in [1.807, 2.05) is 29.3 Å². The molecule has 18 heteroatoms. The Hall–Kier alpha value is -7.86. The van der Waals surface area contributed by atoms with Crippen molar-refractivity contribution in [2.45, 2.75) is 141 Å². The van der Waals surface area contributed by atoms with E-state index >= 15 is 0 Å². The van der Waals surface area contributed by atoms with E-state index in [0.29, 0.717) is 106 Å². The highest BCUT2D eigenvalue weighted by Crippen LogP contribution is 2.37. The molecule has 17 nitrogen and oxygen atoms in total. The Kier molecular flexibility index (Phi) is 24.3. The van der Waals surface area contributed by atoms with Crippen molar-refractivity contribution in [3.63, 3.8) is 0 Å². The average Bonchev–Trinajstić information content (AvgIpc) is 4.03. The first-order chi connectivity index (χ1) is 41.0. The maximum Gasteiger partial charge on any atom is 0.330 e. The largest absolute Gasteiger partial charge is 0.494 e. The summed E-state index contributed by atoms with van der Waals surface area (Å²) in [7, 11) is 0. The minimum absolute atomic E-state index is 0.105. The quantitative estimate of drug-likeness (QED) is 0.0105. The first-order valence-corrected chi connectivity index (χ1v) is 30.6. The van der Waals surface area contributed by atoms with Gasteiger partial charge < -0.3 is 37.9 Å². The number of para-hydroxylation sites is 1. The van der Waals surface area contributed by atoms with E-state index in [1.165, 1.54) is 0 Å². The molecule has 8 rings (SSSR count). The maximum atomic E-state index is 14.0. The van der Waals surface area contributed by atoms with E-state index < -0.39 is 35.7 Å². The number of unbranched alkanes of at least 4 members (excludes halogenated alkanes) is 6. The molecule has 0 N–H and O–H groups in total. The zero-order valence-electron chi connectivity index (χ0n) is 47.8. The van der Waals surface area contributed by atoms with Crippen LogP contribution in [0.5, 0.6) is 34.5 Å². The van der Waals surface area contributed by atoms with Gasteiger partial charge in [-0.2, -0.15) is 5.10 Å². The van der Waals surface area contributed by atoms with Crippen molar-refractivity contribution < 1.29 is 66.7 Å². The van der Waals surface area contributed by atoms with Crippen LogP contribution in [0, 0.1) is 23.7 Å². The molecule has 5 aromatic rings. The molecule has 0 bridgehead atoms. The molecule has 3 fully saturated rings. The van der Waals surface area contributed by atoms with Gasteiger partial charge in [0, 0.05) is 17.7 Å². The molecule has 0 saturated heterocycles. The van der Waals surface area contributed by atoms with Crippen LogP contribution < -0.4 is 33.4 Å². The Morgan fingerprint density at radius 1 is 0.500 bits per heavy atom. The number of fused-ring (bicyclic) bond motifs is 1. The van der Waals surface area contributed by atoms with Crippen LogP contribution in [0.3, 0.4) is 0 Å². The predicted octanol–water partition coefficient (Wildman–Crippen LogP) is 13.4. The highest BCUT2D eigenvalue weighted by molar-refractivity contribution is 7.22. The van der Waals surface area contributed by atoms with Gasteiger partial charge in [0.05, 0.1) is 72.6 Å². The molecule has 4 aromatic carbocycles. The van der Waals surface area contributed by atoms with Gasteiger partial charge >= 0.3 is 35.8 Å². The average molecular weight is 1170 g/mol. The fourth-order valence-corrected chi connectivity index (χ4v) is 11.6. The SMILES string of the molecule is C=CC(=O)OCCCCCCOc1ccc(OC(=O)C2CCC(C(=O)Oc3ccc(OC(=O)C4CCC(C(=O)Oc5ccc(OCCCCCCOC(=O)C=C)cc5)CC4)c(C=NN(c4nc5ccccc5s4)C4CCCCC4)c3)CC2)cc1. The molecule has 0 aliphatic heterocycles. The van der Waals surface area contributed by atoms with Crippen LogP contribution in [0.4, 0.5) is 5.13 Å². The predicted molar refractivity (Wildman–Crippen MR) is 320 cm³/mol. The summed E-state index contributed by atoms with van der Waals surface area (Å²) in [5, 5.41) is 7.79. The second-order valence-corrected chi connectivity index (χ2v) is 22.5. The Bertz CT molecular complexity index is 2980. The summed E-state index contributed by atoms with van der Waals surface area (Å²) in [5.74, 6) is -1.34. The lowest BCUT2D eigenvalue weighted by molar-refractivity contribution is -0.145. The van der Waals surface area contributed by atoms with Crippen molar-refractivity contribution in [1.82, 2.24) is 4.98 Å². The monoisotopic (exact) mass is 1170 g/mol. The third-order valence-electron chi connectivity index (χ3n) is 15.4. The summed E-state index contributed by atoms with van der Waals surface area (Å²) in [6.07, 6.45) is 19.7. The highest BCUT2D eigenvalue weighted by Gasteiger charge is 2.34. The van der Waals surface area contributed by atoms with Crippen LogP contribution >= 0.6 is 11.3 Å². The van der Waals surface area contributed by atoms with Crippen LogP contribution in [0.25, 0.3) is 10.2 Å². The lowest BCUT2D eigenvalue weighted by atomic mass is 9.82. The molecule has 0 atom stereocenters. The summed E-state index contributed by atoms with van der Waals surface area (Å²) in [4.78, 5) is 81.7. The number of thiazole rings is 1. The molecule has 446 valence electrons. The Morgan fingerprint density at radius 2 is 0.929 bits per heavy atom. The molecule has 84 heavy (non-hydrogen) atoms. The third kappa shape index (κ3) is 19.4. The van der Waals surface area contributed by atoms with Crippen molar-refractivity contribution in [3.05, 3.63) is 122 Å². The number of carbonyl (C=O) groups is 6. The zero-order chi connectivity index (χ0) is 58.9. The van der Waals surface area contributed by atoms with E-state index in [4.69, 9.17) is 48.0 Å². The van der Waals surface area contributed by atoms with Gasteiger partial charge in [-0.25, -0.2) is 19.6 Å². The minimum atomic E-state index is -0.460. The van der Waals surface area contributed by atoms with Crippen molar-refractivity contribution in [1.29, 1.82) is 0 Å². The number of hydrogen-bond donors (Lipinski definition) is 0. The third-order valence-corrected chi connectivity index (χ3v) is 16.5. The van der Waals surface area contributed by atoms with E-state index in [1.54, 1.807) is 84.3 Å². The Morgan fingerprint density at radius 3 is 1.40 bits per heavy atom. The van der Waals surface area contributed by atoms with Crippen molar-refractivity contribution >= 4 is 68.7 Å². The number of hydrazone groups is 1. The number of esters is 6. The first kappa shape index (κ1) is 62.2. The van der Waals surface area contributed by atoms with Gasteiger partial charge in [-0.3, -0.25) is 19.2 Å². The smallest absolute Gasteiger partial charge is 0.330 e. The molecule has 1 heterocycles. The summed E-state index contributed by atoms with van der Waals surface area (Å²) < 4.78 is 46.5. The van der Waals surface area contributed by atoms with Gasteiger partial charge in [0.2, 0.25) is 5.13 Å². The summed E-state index contributed by atoms with van der Waals surface area (Å²) >= 11 is 1.57. The molecule has 3 aliphatic rings. The number of anilines is 1. The lowest BCUT2D eigenvalue weighted by Gasteiger charge is -2.30. The molecule has 0 amide bonds. The zero-order valence-corrected chi connectivity index (χ0v) is 48.7. The second kappa shape index (κ2) is 32.8. The molecular formula is C66H77N3O14S. The number of nitrogens with zero attached hydrogens (tertiary/aromatic N) is 3. The summed E-state index contributed by atoms with van der Waals surface area (Å²) in [6.45, 7) is 8.60. The van der Waals surface area contributed by atoms with E-state index in [9.17, 15) is 28.8 Å². The fourth-order valence-electron chi connectivity index (χ4n) is 10.6. The normalized spacial score (nSPS) is 18.0. The van der Waals surface area contributed by atoms with Crippen molar-refractivity contribution in [2.75, 3.05) is 31.4 Å². The van der Waals surface area contributed by atoms with Gasteiger partial charge in [-0.15, -0.1) is 0 Å². The second-order valence-electron chi connectivity index (χ2n) is 21.5. The standard InChI is InChI=1S/C66H77N3O14S/c1-3-60(70)78-42-16-7-5-14-40-76-52-30-34-54(35-31-52)80-62(72)46-22-24-48(25-23-46)64(74)82-56-38-39-58(50(44-56)45-67-69(51-18-10-9-11-19-51)66-68-57-20-12-13-21-59(57)84-66)83-65(75)49-28-26-47(27-29-49)63(73)81-55-36-32-53(33-37-55)77-41-15-6-8-17-43-79-61(71)4-2/h3-4,12-13,20-21,30-39,44-49,51H,1-2,5-11,14-19,22-29,40-43H2. The fraction of sp³-hybridized carbons (Fsp3) is 0.455. The Labute approximate surface area is 495 Å². The maximum absolute atomic E-state index is 14.0. The van der Waals surface area contributed by atoms with Gasteiger partial charge in [0.15, 0.2) is 0 Å². The summed E-state index contributed by atoms with van der Waals surface area (Å²) in [5.41, 5.74) is 1.32. The molecule has 0 radical (unpaired) electrons. The highest BCUT2D eigenvalue weighted by atomic mass is 32.1. The van der Waals surface area contributed by atoms with Crippen LogP contribution in [-0.4, -0.2) is 79.5 Å². The molecular weight excluding hydrogens is 1090 g/mol. The molecule has 3 saturated carbocycles. The number of benzene rings is 4. The van der Waals surface area contributed by atoms with Crippen LogP contribution in [0.2, 0.25) is 0 Å². The topological polar surface area (TPSA) is 205 Å². The molecule has 0 unspecified atom stereocenters. The van der Waals surface area contributed by atoms with Crippen molar-refractivity contribution in [2.24, 2.45) is 28.8 Å². The molecule has 0 spiro atoms. The van der Waals surface area contributed by atoms with Crippen LogP contribution in [0.15, 0.2) is 121 Å². The first-order valence-electron chi connectivity index (χ1n) is 29.8. The number of ether oxygens (including phenoxy) is 8. The number of aromatic nitrogens is 1.